The van der Waals surface area contributed by atoms with Gasteiger partial charge in [0.1, 0.15) is 6.29 Å². The van der Waals surface area contributed by atoms with Crippen LogP contribution >= 0.6 is 0 Å². The molecule has 0 unspecified atom stereocenters. The van der Waals surface area contributed by atoms with Crippen molar-refractivity contribution < 1.29 is 0 Å². The Hall–Kier alpha value is -0.120. The molecule has 0 aromatic carbocycles. The van der Waals surface area contributed by atoms with Crippen molar-refractivity contribution in [3.63, 3.8) is 0 Å². The average molecular weight is 173 g/mol. The molecule has 0 bridgehead atoms. The van der Waals surface area contributed by atoms with E-state index in [1.807, 2.05) is 0 Å². The molecule has 2 N–H and O–H groups in total. The monoisotopic (exact) mass is 173 g/mol. The van der Waals surface area contributed by atoms with E-state index in [1.54, 1.807) is 0 Å². The van der Waals surface area contributed by atoms with E-state index in [1.165, 1.54) is 0 Å². The van der Waals surface area contributed by atoms with Gasteiger partial charge in [-0.1, -0.05) is 0 Å². The molecule has 74 valence electrons. The minimum atomic E-state index is 0.269. The van der Waals surface area contributed by atoms with E-state index in [2.05, 4.69) is 57.3 Å². The summed E-state index contributed by atoms with van der Waals surface area (Å²) < 4.78 is 0. The summed E-state index contributed by atoms with van der Waals surface area (Å²) in [6.07, 6.45) is 0.269. The Balaban J connectivity index is 3.87. The maximum Gasteiger partial charge on any atom is 0.114 e. The maximum atomic E-state index is 3.43. The Labute approximate surface area is 76.5 Å². The zero-order valence-electron chi connectivity index (χ0n) is 9.18. The van der Waals surface area contributed by atoms with E-state index in [0.717, 1.165) is 0 Å². The summed E-state index contributed by atoms with van der Waals surface area (Å²) in [6.45, 7) is 8.61. The second-order valence-corrected chi connectivity index (χ2v) is 4.01. The quantitative estimate of drug-likeness (QED) is 0.603. The third-order valence-electron chi connectivity index (χ3n) is 1.50. The van der Waals surface area contributed by atoms with Gasteiger partial charge in [-0.15, -0.1) is 0 Å². The zero-order valence-corrected chi connectivity index (χ0v) is 9.18. The highest BCUT2D eigenvalue weighted by atomic mass is 15.4. The first-order valence-electron chi connectivity index (χ1n) is 4.62. The van der Waals surface area contributed by atoms with Gasteiger partial charge >= 0.3 is 0 Å². The van der Waals surface area contributed by atoms with Crippen molar-refractivity contribution in [2.45, 2.75) is 46.1 Å². The van der Waals surface area contributed by atoms with Crippen molar-refractivity contribution in [2.24, 2.45) is 0 Å². The van der Waals surface area contributed by atoms with E-state index < -0.39 is 0 Å². The normalized spacial score (nSPS) is 12.5. The average Bonchev–Trinajstić information content (AvgIpc) is 1.83. The van der Waals surface area contributed by atoms with Crippen LogP contribution in [0.4, 0.5) is 0 Å². The molecule has 0 saturated heterocycles. The second-order valence-electron chi connectivity index (χ2n) is 4.01. The van der Waals surface area contributed by atoms with E-state index in [-0.39, 0.29) is 6.29 Å². The molecular formula is C9H23N3. The van der Waals surface area contributed by atoms with Crippen LogP contribution in [0.2, 0.25) is 0 Å². The molecule has 0 aliphatic heterocycles. The van der Waals surface area contributed by atoms with Gasteiger partial charge in [-0.3, -0.25) is 15.5 Å². The topological polar surface area (TPSA) is 27.3 Å². The Morgan fingerprint density at radius 1 is 0.833 bits per heavy atom. The predicted molar refractivity (Wildman–Crippen MR) is 54.0 cm³/mol. The summed E-state index contributed by atoms with van der Waals surface area (Å²) in [6, 6.07) is 1.01. The third-order valence-corrected chi connectivity index (χ3v) is 1.50. The summed E-state index contributed by atoms with van der Waals surface area (Å²) >= 11 is 0. The van der Waals surface area contributed by atoms with Crippen molar-refractivity contribution in [1.82, 2.24) is 15.5 Å². The fourth-order valence-corrected chi connectivity index (χ4v) is 0.978. The van der Waals surface area contributed by atoms with Gasteiger partial charge in [0.2, 0.25) is 0 Å². The van der Waals surface area contributed by atoms with Crippen molar-refractivity contribution >= 4 is 0 Å². The van der Waals surface area contributed by atoms with Crippen LogP contribution in [0.25, 0.3) is 0 Å². The molecule has 0 rings (SSSR count). The molecule has 0 aromatic rings. The van der Waals surface area contributed by atoms with Gasteiger partial charge < -0.3 is 0 Å². The van der Waals surface area contributed by atoms with Gasteiger partial charge in [0.25, 0.3) is 0 Å². The Bertz CT molecular complexity index is 100. The first-order chi connectivity index (χ1) is 5.43. The van der Waals surface area contributed by atoms with E-state index >= 15 is 0 Å². The second kappa shape index (κ2) is 5.51. The van der Waals surface area contributed by atoms with Gasteiger partial charge in [-0.2, -0.15) is 0 Å². The lowest BCUT2D eigenvalue weighted by atomic mass is 10.3. The maximum absolute atomic E-state index is 3.43. The molecule has 3 heteroatoms. The van der Waals surface area contributed by atoms with Gasteiger partial charge in [-0.25, -0.2) is 0 Å². The van der Waals surface area contributed by atoms with Crippen LogP contribution in [-0.4, -0.2) is 37.4 Å². The number of nitrogens with zero attached hydrogens (tertiary/aromatic N) is 1. The molecule has 0 aromatic heterocycles. The molecule has 0 atom stereocenters. The fourth-order valence-electron chi connectivity index (χ4n) is 0.978. The molecular weight excluding hydrogens is 150 g/mol. The van der Waals surface area contributed by atoms with Crippen LogP contribution in [0, 0.1) is 0 Å². The van der Waals surface area contributed by atoms with E-state index in [4.69, 9.17) is 0 Å². The molecule has 0 amide bonds. The molecule has 12 heavy (non-hydrogen) atoms. The van der Waals surface area contributed by atoms with Crippen molar-refractivity contribution in [1.29, 1.82) is 0 Å². The zero-order chi connectivity index (χ0) is 9.72. The minimum absolute atomic E-state index is 0.269. The van der Waals surface area contributed by atoms with Crippen LogP contribution in [0.1, 0.15) is 27.7 Å². The number of hydrogen-bond donors (Lipinski definition) is 2. The van der Waals surface area contributed by atoms with Gasteiger partial charge in [0.15, 0.2) is 0 Å². The molecule has 0 fully saturated rings. The van der Waals surface area contributed by atoms with Crippen molar-refractivity contribution in [3.8, 4) is 0 Å². The molecule has 0 radical (unpaired) electrons. The highest BCUT2D eigenvalue weighted by Crippen LogP contribution is 1.90. The lowest BCUT2D eigenvalue weighted by Crippen LogP contribution is -2.56. The standard InChI is InChI=1S/C9H23N3/c1-7(2)10-9(12(5)6)11-8(3)4/h7-11H,1-6H3. The minimum Gasteiger partial charge on any atom is -0.287 e. The molecule has 3 nitrogen and oxygen atoms in total. The lowest BCUT2D eigenvalue weighted by molar-refractivity contribution is 0.179. The smallest absolute Gasteiger partial charge is 0.114 e. The highest BCUT2D eigenvalue weighted by Gasteiger charge is 2.11. The largest absolute Gasteiger partial charge is 0.287 e. The third kappa shape index (κ3) is 5.52. The summed E-state index contributed by atoms with van der Waals surface area (Å²) in [5.74, 6) is 0. The Kier molecular flexibility index (Phi) is 5.46. The summed E-state index contributed by atoms with van der Waals surface area (Å²) in [4.78, 5) is 2.14. The SMILES string of the molecule is CC(C)NC(NC(C)C)N(C)C. The van der Waals surface area contributed by atoms with Crippen LogP contribution < -0.4 is 10.6 Å². The molecule has 0 spiro atoms. The van der Waals surface area contributed by atoms with Crippen LogP contribution in [0.3, 0.4) is 0 Å². The van der Waals surface area contributed by atoms with Crippen LogP contribution in [0.15, 0.2) is 0 Å². The Morgan fingerprint density at radius 3 is 1.33 bits per heavy atom. The number of hydrogen-bond acceptors (Lipinski definition) is 3. The lowest BCUT2D eigenvalue weighted by Gasteiger charge is -2.30. The molecule has 0 aliphatic rings. The van der Waals surface area contributed by atoms with Gasteiger partial charge in [0.05, 0.1) is 0 Å². The Morgan fingerprint density at radius 2 is 1.17 bits per heavy atom. The van der Waals surface area contributed by atoms with E-state index in [0.29, 0.717) is 12.1 Å². The van der Waals surface area contributed by atoms with E-state index in [9.17, 15) is 0 Å². The number of rotatable bonds is 5. The van der Waals surface area contributed by atoms with Crippen molar-refractivity contribution in [3.05, 3.63) is 0 Å². The highest BCUT2D eigenvalue weighted by molar-refractivity contribution is 4.66. The molecule has 0 aliphatic carbocycles. The predicted octanol–water partition coefficient (Wildman–Crippen LogP) is 0.828. The van der Waals surface area contributed by atoms with Crippen LogP contribution in [0.5, 0.6) is 0 Å². The van der Waals surface area contributed by atoms with Gasteiger partial charge in [-0.05, 0) is 41.8 Å². The van der Waals surface area contributed by atoms with Crippen LogP contribution in [-0.2, 0) is 0 Å². The van der Waals surface area contributed by atoms with Gasteiger partial charge in [0, 0.05) is 12.1 Å². The first kappa shape index (κ1) is 11.9. The fraction of sp³-hybridized carbons (Fsp3) is 1.00. The first-order valence-corrected chi connectivity index (χ1v) is 4.62. The number of nitrogens with one attached hydrogen (secondary N) is 2. The summed E-state index contributed by atoms with van der Waals surface area (Å²) in [7, 11) is 4.13. The summed E-state index contributed by atoms with van der Waals surface area (Å²) in [5, 5.41) is 6.85. The molecule has 0 heterocycles. The molecule has 0 saturated carbocycles. The summed E-state index contributed by atoms with van der Waals surface area (Å²) in [5.41, 5.74) is 0. The van der Waals surface area contributed by atoms with Crippen molar-refractivity contribution in [2.75, 3.05) is 14.1 Å².